The minimum absolute atomic E-state index is 0.171. The summed E-state index contributed by atoms with van der Waals surface area (Å²) in [5, 5.41) is 0. The monoisotopic (exact) mass is 442 g/mol. The normalized spacial score (nSPS) is 18.2. The standard InChI is InChI=1S/C25H18N2O2S2/c1-16-8-7-11-18(14-16)27-24(29)22(31-25(27)30)21-19-12-5-6-13-20(19)26(23(21)28)15-17-9-3-2-4-10-17/h2-14H,15H2,1H3/b22-21+. The number of hydrogen-bond donors (Lipinski definition) is 0. The zero-order chi connectivity index (χ0) is 21.5. The van der Waals surface area contributed by atoms with Crippen LogP contribution in [0.3, 0.4) is 0 Å². The quantitative estimate of drug-likeness (QED) is 0.407. The maximum absolute atomic E-state index is 13.5. The molecule has 4 nitrogen and oxygen atoms in total. The Bertz CT molecular complexity index is 1270. The number of thiocarbonyl (C=S) groups is 1. The zero-order valence-corrected chi connectivity index (χ0v) is 18.4. The summed E-state index contributed by atoms with van der Waals surface area (Å²) >= 11 is 6.73. The fourth-order valence-electron chi connectivity index (χ4n) is 3.93. The zero-order valence-electron chi connectivity index (χ0n) is 16.7. The molecule has 0 radical (unpaired) electrons. The molecule has 3 aromatic rings. The summed E-state index contributed by atoms with van der Waals surface area (Å²) < 4.78 is 0.435. The summed E-state index contributed by atoms with van der Waals surface area (Å²) in [6, 6.07) is 25.1. The summed E-state index contributed by atoms with van der Waals surface area (Å²) in [7, 11) is 0. The van der Waals surface area contributed by atoms with Gasteiger partial charge in [0.25, 0.3) is 11.8 Å². The van der Waals surface area contributed by atoms with E-state index in [0.29, 0.717) is 21.3 Å². The van der Waals surface area contributed by atoms with Crippen LogP contribution in [0.1, 0.15) is 16.7 Å². The molecule has 5 rings (SSSR count). The first kappa shape index (κ1) is 19.7. The van der Waals surface area contributed by atoms with E-state index in [9.17, 15) is 9.59 Å². The lowest BCUT2D eigenvalue weighted by Gasteiger charge is -2.17. The SMILES string of the molecule is Cc1cccc(N2C(=O)/C(=C3\C(=O)N(Cc4ccccc4)c4ccccc43)SC2=S)c1. The number of amides is 2. The number of benzene rings is 3. The van der Waals surface area contributed by atoms with E-state index in [1.54, 1.807) is 4.90 Å². The topological polar surface area (TPSA) is 40.6 Å². The van der Waals surface area contributed by atoms with E-state index < -0.39 is 0 Å². The van der Waals surface area contributed by atoms with Crippen molar-refractivity contribution in [2.45, 2.75) is 13.5 Å². The Morgan fingerprint density at radius 1 is 0.871 bits per heavy atom. The van der Waals surface area contributed by atoms with Gasteiger partial charge in [-0.2, -0.15) is 0 Å². The largest absolute Gasteiger partial charge is 0.303 e. The average Bonchev–Trinajstić information content (AvgIpc) is 3.21. The molecule has 0 spiro atoms. The molecule has 2 amide bonds. The van der Waals surface area contributed by atoms with Gasteiger partial charge >= 0.3 is 0 Å². The van der Waals surface area contributed by atoms with E-state index in [4.69, 9.17) is 12.2 Å². The van der Waals surface area contributed by atoms with E-state index in [2.05, 4.69) is 0 Å². The van der Waals surface area contributed by atoms with Gasteiger partial charge in [-0.05, 0) is 36.2 Å². The molecule has 2 aliphatic heterocycles. The Hall–Kier alpha value is -3.22. The number of carbonyl (C=O) groups is 2. The Morgan fingerprint density at radius 2 is 1.61 bits per heavy atom. The fraction of sp³-hybridized carbons (Fsp3) is 0.0800. The van der Waals surface area contributed by atoms with Crippen LogP contribution in [0.4, 0.5) is 11.4 Å². The van der Waals surface area contributed by atoms with Crippen LogP contribution in [0.5, 0.6) is 0 Å². The summed E-state index contributed by atoms with van der Waals surface area (Å²) in [4.78, 5) is 30.6. The van der Waals surface area contributed by atoms with Gasteiger partial charge < -0.3 is 4.90 Å². The van der Waals surface area contributed by atoms with Crippen LogP contribution in [-0.4, -0.2) is 16.1 Å². The third kappa shape index (κ3) is 3.38. The molecule has 3 aromatic carbocycles. The van der Waals surface area contributed by atoms with Crippen LogP contribution in [0.2, 0.25) is 0 Å². The van der Waals surface area contributed by atoms with Crippen LogP contribution >= 0.6 is 24.0 Å². The maximum Gasteiger partial charge on any atom is 0.271 e. The van der Waals surface area contributed by atoms with E-state index in [0.717, 1.165) is 28.1 Å². The minimum Gasteiger partial charge on any atom is -0.303 e. The number of rotatable bonds is 3. The summed E-state index contributed by atoms with van der Waals surface area (Å²) in [6.45, 7) is 2.41. The number of hydrogen-bond acceptors (Lipinski definition) is 4. The summed E-state index contributed by atoms with van der Waals surface area (Å²) in [5.74, 6) is -0.421. The third-order valence-corrected chi connectivity index (χ3v) is 6.74. The number of aryl methyl sites for hydroxylation is 1. The van der Waals surface area contributed by atoms with Crippen molar-refractivity contribution >= 4 is 57.1 Å². The highest BCUT2D eigenvalue weighted by Gasteiger charge is 2.42. The first-order valence-corrected chi connectivity index (χ1v) is 11.1. The molecule has 0 N–H and O–H groups in total. The van der Waals surface area contributed by atoms with Gasteiger partial charge in [0.1, 0.15) is 0 Å². The maximum atomic E-state index is 13.5. The van der Waals surface area contributed by atoms with Crippen molar-refractivity contribution in [1.82, 2.24) is 0 Å². The van der Waals surface area contributed by atoms with Crippen molar-refractivity contribution in [1.29, 1.82) is 0 Å². The van der Waals surface area contributed by atoms with E-state index >= 15 is 0 Å². The van der Waals surface area contributed by atoms with Gasteiger partial charge in [-0.1, -0.05) is 84.6 Å². The smallest absolute Gasteiger partial charge is 0.271 e. The molecule has 1 saturated heterocycles. The number of nitrogens with zero attached hydrogens (tertiary/aromatic N) is 2. The number of fused-ring (bicyclic) bond motifs is 1. The van der Waals surface area contributed by atoms with E-state index in [1.165, 1.54) is 16.7 Å². The number of carbonyl (C=O) groups excluding carboxylic acids is 2. The second-order valence-corrected chi connectivity index (χ2v) is 9.09. The number of para-hydroxylation sites is 1. The fourth-order valence-corrected chi connectivity index (χ4v) is 5.30. The Labute approximate surface area is 190 Å². The second kappa shape index (κ2) is 7.80. The lowest BCUT2D eigenvalue weighted by atomic mass is 10.1. The minimum atomic E-state index is -0.250. The molecule has 0 bridgehead atoms. The number of anilines is 2. The van der Waals surface area contributed by atoms with Crippen LogP contribution in [0.15, 0.2) is 83.8 Å². The van der Waals surface area contributed by atoms with Gasteiger partial charge in [0.05, 0.1) is 28.4 Å². The molecule has 31 heavy (non-hydrogen) atoms. The van der Waals surface area contributed by atoms with Crippen molar-refractivity contribution < 1.29 is 9.59 Å². The van der Waals surface area contributed by atoms with Crippen LogP contribution in [0.25, 0.3) is 5.57 Å². The highest BCUT2D eigenvalue weighted by molar-refractivity contribution is 8.27. The second-order valence-electron chi connectivity index (χ2n) is 7.45. The molecule has 1 fully saturated rings. The van der Waals surface area contributed by atoms with Gasteiger partial charge in [-0.15, -0.1) is 0 Å². The van der Waals surface area contributed by atoms with Crippen molar-refractivity contribution in [3.05, 3.63) is 100 Å². The van der Waals surface area contributed by atoms with Crippen LogP contribution in [0, 0.1) is 6.92 Å². The van der Waals surface area contributed by atoms with E-state index in [-0.39, 0.29) is 11.8 Å². The summed E-state index contributed by atoms with van der Waals surface area (Å²) in [5.41, 5.74) is 4.80. The molecule has 0 saturated carbocycles. The lowest BCUT2D eigenvalue weighted by molar-refractivity contribution is -0.115. The van der Waals surface area contributed by atoms with Crippen LogP contribution < -0.4 is 9.80 Å². The highest BCUT2D eigenvalue weighted by Crippen LogP contribution is 2.45. The third-order valence-electron chi connectivity index (χ3n) is 5.36. The predicted octanol–water partition coefficient (Wildman–Crippen LogP) is 5.32. The molecule has 0 aromatic heterocycles. The predicted molar refractivity (Wildman–Crippen MR) is 130 cm³/mol. The van der Waals surface area contributed by atoms with E-state index in [1.807, 2.05) is 85.8 Å². The molecule has 2 aliphatic rings. The Balaban J connectivity index is 1.59. The molecule has 0 atom stereocenters. The Morgan fingerprint density at radius 3 is 2.39 bits per heavy atom. The average molecular weight is 443 g/mol. The van der Waals surface area contributed by atoms with Crippen molar-refractivity contribution in [2.75, 3.05) is 9.80 Å². The first-order valence-electron chi connectivity index (χ1n) is 9.87. The molecule has 0 unspecified atom stereocenters. The van der Waals surface area contributed by atoms with Crippen molar-refractivity contribution in [2.24, 2.45) is 0 Å². The molecule has 0 aliphatic carbocycles. The first-order chi connectivity index (χ1) is 15.0. The van der Waals surface area contributed by atoms with Crippen molar-refractivity contribution in [3.8, 4) is 0 Å². The van der Waals surface area contributed by atoms with Crippen LogP contribution in [-0.2, 0) is 16.1 Å². The molecule has 6 heteroatoms. The van der Waals surface area contributed by atoms with Gasteiger partial charge in [0, 0.05) is 5.56 Å². The van der Waals surface area contributed by atoms with Gasteiger partial charge in [-0.25, -0.2) is 0 Å². The van der Waals surface area contributed by atoms with Crippen molar-refractivity contribution in [3.63, 3.8) is 0 Å². The van der Waals surface area contributed by atoms with Gasteiger partial charge in [0.2, 0.25) is 0 Å². The highest BCUT2D eigenvalue weighted by atomic mass is 32.2. The van der Waals surface area contributed by atoms with Gasteiger partial charge in [-0.3, -0.25) is 14.5 Å². The summed E-state index contributed by atoms with van der Waals surface area (Å²) in [6.07, 6.45) is 0. The Kier molecular flexibility index (Phi) is 4.96. The molecular formula is C25H18N2O2S2. The molecular weight excluding hydrogens is 424 g/mol. The lowest BCUT2D eigenvalue weighted by Crippen LogP contribution is -2.29. The molecule has 2 heterocycles. The number of thioether (sulfide) groups is 1. The van der Waals surface area contributed by atoms with Gasteiger partial charge in [0.15, 0.2) is 4.32 Å². The molecule has 152 valence electrons.